The Hall–Kier alpha value is -0.940. The molecule has 0 spiro atoms. The summed E-state index contributed by atoms with van der Waals surface area (Å²) in [4.78, 5) is 10.9. The van der Waals surface area contributed by atoms with Crippen molar-refractivity contribution in [2.75, 3.05) is 13.7 Å². The van der Waals surface area contributed by atoms with Gasteiger partial charge in [0.2, 0.25) is 0 Å². The average Bonchev–Trinajstić information content (AvgIpc) is 2.37. The van der Waals surface area contributed by atoms with Crippen LogP contribution < -0.4 is 5.32 Å². The van der Waals surface area contributed by atoms with Gasteiger partial charge in [0.25, 0.3) is 0 Å². The summed E-state index contributed by atoms with van der Waals surface area (Å²) in [6.07, 6.45) is 1.13. The van der Waals surface area contributed by atoms with E-state index < -0.39 is 0 Å². The van der Waals surface area contributed by atoms with E-state index in [1.54, 1.807) is 12.1 Å². The molecule has 3 nitrogen and oxygen atoms in total. The minimum atomic E-state index is -0.267. The van der Waals surface area contributed by atoms with Gasteiger partial charge in [-0.25, -0.2) is 4.39 Å². The Bertz CT molecular complexity index is 412. The van der Waals surface area contributed by atoms with Crippen molar-refractivity contribution in [3.63, 3.8) is 0 Å². The predicted octanol–water partition coefficient (Wildman–Crippen LogP) is 3.19. The maximum absolute atomic E-state index is 13.1. The molecule has 0 aliphatic rings. The maximum atomic E-state index is 13.1. The number of halogens is 2. The van der Waals surface area contributed by atoms with Crippen molar-refractivity contribution in [2.24, 2.45) is 0 Å². The number of hydrogen-bond acceptors (Lipinski definition) is 3. The van der Waals surface area contributed by atoms with Crippen molar-refractivity contribution in [3.05, 3.63) is 34.1 Å². The van der Waals surface area contributed by atoms with Crippen LogP contribution in [0.3, 0.4) is 0 Å². The zero-order chi connectivity index (χ0) is 13.5. The number of esters is 1. The molecule has 1 unspecified atom stereocenters. The lowest BCUT2D eigenvalue weighted by atomic mass is 10.1. The van der Waals surface area contributed by atoms with Gasteiger partial charge in [-0.2, -0.15) is 0 Å². The number of benzene rings is 1. The van der Waals surface area contributed by atoms with E-state index in [9.17, 15) is 9.18 Å². The second kappa shape index (κ2) is 7.48. The average molecular weight is 318 g/mol. The molecule has 100 valence electrons. The highest BCUT2D eigenvalue weighted by molar-refractivity contribution is 9.10. The van der Waals surface area contributed by atoms with Gasteiger partial charge in [0, 0.05) is 12.5 Å². The molecule has 1 N–H and O–H groups in total. The summed E-state index contributed by atoms with van der Waals surface area (Å²) in [5.74, 6) is -0.467. The molecule has 0 amide bonds. The fourth-order valence-electron chi connectivity index (χ4n) is 1.55. The summed E-state index contributed by atoms with van der Waals surface area (Å²) in [7, 11) is 1.38. The van der Waals surface area contributed by atoms with Gasteiger partial charge in [-0.3, -0.25) is 4.79 Å². The lowest BCUT2D eigenvalue weighted by molar-refractivity contribution is -0.140. The highest BCUT2D eigenvalue weighted by Gasteiger charge is 2.08. The van der Waals surface area contributed by atoms with Crippen LogP contribution in [0.15, 0.2) is 22.7 Å². The van der Waals surface area contributed by atoms with Gasteiger partial charge >= 0.3 is 5.97 Å². The number of ether oxygens (including phenoxy) is 1. The zero-order valence-electron chi connectivity index (χ0n) is 10.5. The quantitative estimate of drug-likeness (QED) is 0.647. The molecule has 0 saturated heterocycles. The van der Waals surface area contributed by atoms with Crippen LogP contribution in [-0.2, 0) is 9.53 Å². The van der Waals surface area contributed by atoms with E-state index in [0.717, 1.165) is 12.0 Å². The third kappa shape index (κ3) is 4.74. The van der Waals surface area contributed by atoms with Crippen molar-refractivity contribution in [2.45, 2.75) is 25.8 Å². The fourth-order valence-corrected chi connectivity index (χ4v) is 1.95. The minimum Gasteiger partial charge on any atom is -0.469 e. The van der Waals surface area contributed by atoms with Gasteiger partial charge < -0.3 is 10.1 Å². The molecule has 0 aliphatic carbocycles. The Morgan fingerprint density at radius 1 is 1.56 bits per heavy atom. The van der Waals surface area contributed by atoms with E-state index in [1.165, 1.54) is 13.2 Å². The molecule has 0 bridgehead atoms. The molecule has 1 aromatic rings. The lowest BCUT2D eigenvalue weighted by Gasteiger charge is -2.14. The molecule has 0 aromatic heterocycles. The first kappa shape index (κ1) is 15.1. The highest BCUT2D eigenvalue weighted by Crippen LogP contribution is 2.21. The van der Waals surface area contributed by atoms with E-state index in [1.807, 2.05) is 6.92 Å². The first-order valence-corrected chi connectivity index (χ1v) is 6.59. The van der Waals surface area contributed by atoms with Crippen LogP contribution in [0.25, 0.3) is 0 Å². The number of rotatable bonds is 6. The summed E-state index contributed by atoms with van der Waals surface area (Å²) < 4.78 is 18.1. The van der Waals surface area contributed by atoms with Gasteiger partial charge in [0.05, 0.1) is 11.6 Å². The number of hydrogen-bond donors (Lipinski definition) is 1. The molecular formula is C13H17BrFNO2. The smallest absolute Gasteiger partial charge is 0.305 e. The third-order valence-electron chi connectivity index (χ3n) is 2.68. The predicted molar refractivity (Wildman–Crippen MR) is 71.8 cm³/mol. The monoisotopic (exact) mass is 317 g/mol. The van der Waals surface area contributed by atoms with Crippen molar-refractivity contribution in [3.8, 4) is 0 Å². The van der Waals surface area contributed by atoms with Gasteiger partial charge in [-0.05, 0) is 53.5 Å². The van der Waals surface area contributed by atoms with Crippen molar-refractivity contribution in [1.29, 1.82) is 0 Å². The molecule has 1 aromatic carbocycles. The zero-order valence-corrected chi connectivity index (χ0v) is 12.1. The summed E-state index contributed by atoms with van der Waals surface area (Å²) in [5.41, 5.74) is 1.00. The van der Waals surface area contributed by atoms with Crippen LogP contribution in [-0.4, -0.2) is 19.6 Å². The standard InChI is InChI=1S/C13H17BrFNO2/c1-9(16-7-3-4-13(17)18-2)10-5-6-12(15)11(14)8-10/h5-6,8-9,16H,3-4,7H2,1-2H3. The summed E-state index contributed by atoms with van der Waals surface area (Å²) in [6, 6.07) is 5.05. The van der Waals surface area contributed by atoms with Gasteiger partial charge in [0.15, 0.2) is 0 Å². The second-order valence-corrected chi connectivity index (χ2v) is 4.88. The van der Waals surface area contributed by atoms with Gasteiger partial charge in [-0.15, -0.1) is 0 Å². The van der Waals surface area contributed by atoms with Gasteiger partial charge in [-0.1, -0.05) is 6.07 Å². The number of nitrogens with one attached hydrogen (secondary N) is 1. The normalized spacial score (nSPS) is 12.2. The van der Waals surface area contributed by atoms with Crippen LogP contribution in [0.4, 0.5) is 4.39 Å². The maximum Gasteiger partial charge on any atom is 0.305 e. The van der Waals surface area contributed by atoms with Crippen LogP contribution in [0.1, 0.15) is 31.4 Å². The summed E-state index contributed by atoms with van der Waals surface area (Å²) in [6.45, 7) is 2.71. The largest absolute Gasteiger partial charge is 0.469 e. The SMILES string of the molecule is COC(=O)CCCNC(C)c1ccc(F)c(Br)c1. The Morgan fingerprint density at radius 2 is 2.28 bits per heavy atom. The molecule has 0 radical (unpaired) electrons. The Balaban J connectivity index is 2.38. The third-order valence-corrected chi connectivity index (χ3v) is 3.29. The first-order chi connectivity index (χ1) is 8.54. The highest BCUT2D eigenvalue weighted by atomic mass is 79.9. The Kier molecular flexibility index (Phi) is 6.29. The van der Waals surface area contributed by atoms with Crippen molar-refractivity contribution >= 4 is 21.9 Å². The molecule has 5 heteroatoms. The molecule has 0 heterocycles. The molecule has 18 heavy (non-hydrogen) atoms. The van der Waals surface area contributed by atoms with Crippen LogP contribution in [0, 0.1) is 5.82 Å². The van der Waals surface area contributed by atoms with Crippen LogP contribution in [0.2, 0.25) is 0 Å². The van der Waals surface area contributed by atoms with E-state index in [-0.39, 0.29) is 17.8 Å². The van der Waals surface area contributed by atoms with Crippen molar-refractivity contribution in [1.82, 2.24) is 5.32 Å². The number of carbonyl (C=O) groups excluding carboxylic acids is 1. The Morgan fingerprint density at radius 3 is 2.89 bits per heavy atom. The topological polar surface area (TPSA) is 38.3 Å². The first-order valence-electron chi connectivity index (χ1n) is 5.79. The molecule has 1 atom stereocenters. The number of carbonyl (C=O) groups is 1. The van der Waals surface area contributed by atoms with E-state index in [0.29, 0.717) is 17.4 Å². The second-order valence-electron chi connectivity index (χ2n) is 4.03. The van der Waals surface area contributed by atoms with Crippen molar-refractivity contribution < 1.29 is 13.9 Å². The van der Waals surface area contributed by atoms with E-state index in [2.05, 4.69) is 26.0 Å². The number of methoxy groups -OCH3 is 1. The molecule has 0 saturated carbocycles. The molecule has 0 fully saturated rings. The van der Waals surface area contributed by atoms with E-state index in [4.69, 9.17) is 0 Å². The van der Waals surface area contributed by atoms with Gasteiger partial charge in [0.1, 0.15) is 5.82 Å². The summed E-state index contributed by atoms with van der Waals surface area (Å²) in [5, 5.41) is 3.27. The lowest BCUT2D eigenvalue weighted by Crippen LogP contribution is -2.20. The fraction of sp³-hybridized carbons (Fsp3) is 0.462. The van der Waals surface area contributed by atoms with E-state index >= 15 is 0 Å². The molecule has 1 rings (SSSR count). The minimum absolute atomic E-state index is 0.111. The molecular weight excluding hydrogens is 301 g/mol. The van der Waals surface area contributed by atoms with Crippen LogP contribution >= 0.6 is 15.9 Å². The summed E-state index contributed by atoms with van der Waals surface area (Å²) >= 11 is 3.16. The Labute approximate surface area is 115 Å². The van der Waals surface area contributed by atoms with Crippen LogP contribution in [0.5, 0.6) is 0 Å². The molecule has 0 aliphatic heterocycles.